The molecule has 0 saturated heterocycles. The molecule has 0 heteroatoms. The van der Waals surface area contributed by atoms with Gasteiger partial charge in [-0.2, -0.15) is 0 Å². The molecule has 0 aliphatic heterocycles. The van der Waals surface area contributed by atoms with E-state index in [1.807, 2.05) is 0 Å². The summed E-state index contributed by atoms with van der Waals surface area (Å²) in [5.41, 5.74) is 14.8. The zero-order valence-electron chi connectivity index (χ0n) is 32.6. The van der Waals surface area contributed by atoms with Crippen molar-refractivity contribution in [2.45, 2.75) is 144 Å². The third-order valence-electron chi connectivity index (χ3n) is 12.3. The quantitative estimate of drug-likeness (QED) is 0.161. The highest BCUT2D eigenvalue weighted by Crippen LogP contribution is 2.47. The summed E-state index contributed by atoms with van der Waals surface area (Å²) >= 11 is 0. The maximum atomic E-state index is 4.78. The minimum absolute atomic E-state index is 0.300. The maximum Gasteiger partial charge on any atom is -0.0138 e. The van der Waals surface area contributed by atoms with Crippen LogP contribution < -0.4 is 0 Å². The van der Waals surface area contributed by atoms with E-state index in [-0.39, 0.29) is 0 Å². The predicted octanol–water partition coefficient (Wildman–Crippen LogP) is 14.5. The van der Waals surface area contributed by atoms with Gasteiger partial charge in [-0.15, -0.1) is 0 Å². The van der Waals surface area contributed by atoms with Crippen LogP contribution in [0.3, 0.4) is 0 Å². The SMILES string of the molecule is C=C(CC(C)(C)C)C1CCC(CCc2ccc(-c3ccc(C(C)C)c(C(C)Cc4c(C)cccc4C)c3)cc2)C[C@@H]1C(=C)CC1CCCC1. The molecule has 2 aliphatic carbocycles. The Labute approximate surface area is 301 Å². The Bertz CT molecular complexity index is 1530. The Morgan fingerprint density at radius 1 is 0.735 bits per heavy atom. The van der Waals surface area contributed by atoms with Gasteiger partial charge in [0.05, 0.1) is 0 Å². The molecule has 0 nitrogen and oxygen atoms in total. The van der Waals surface area contributed by atoms with Crippen LogP contribution >= 0.6 is 0 Å². The number of rotatable bonds is 13. The molecule has 0 amide bonds. The molecule has 4 atom stereocenters. The fraction of sp³-hybridized carbons (Fsp3) is 0.551. The number of hydrogen-bond donors (Lipinski definition) is 0. The van der Waals surface area contributed by atoms with Crippen LogP contribution in [0.2, 0.25) is 0 Å². The molecule has 0 aromatic heterocycles. The molecule has 0 bridgehead atoms. The average Bonchev–Trinajstić information content (AvgIpc) is 3.57. The molecular weight excluding hydrogens is 589 g/mol. The van der Waals surface area contributed by atoms with Crippen molar-refractivity contribution in [2.24, 2.45) is 29.1 Å². The smallest absolute Gasteiger partial charge is 0.0138 e. The Morgan fingerprint density at radius 3 is 2.02 bits per heavy atom. The van der Waals surface area contributed by atoms with Gasteiger partial charge in [0.25, 0.3) is 0 Å². The van der Waals surface area contributed by atoms with Gasteiger partial charge in [-0.05, 0) is 151 Å². The lowest BCUT2D eigenvalue weighted by Crippen LogP contribution is -2.29. The fourth-order valence-electron chi connectivity index (χ4n) is 9.54. The van der Waals surface area contributed by atoms with Crippen molar-refractivity contribution in [3.63, 3.8) is 0 Å². The van der Waals surface area contributed by atoms with Crippen LogP contribution in [0, 0.1) is 42.9 Å². The van der Waals surface area contributed by atoms with Crippen LogP contribution in [0.1, 0.15) is 151 Å². The predicted molar refractivity (Wildman–Crippen MR) is 216 cm³/mol. The molecule has 2 saturated carbocycles. The highest BCUT2D eigenvalue weighted by atomic mass is 14.4. The van der Waals surface area contributed by atoms with Crippen LogP contribution in [-0.4, -0.2) is 0 Å². The van der Waals surface area contributed by atoms with Crippen LogP contribution in [0.15, 0.2) is 85.0 Å². The van der Waals surface area contributed by atoms with Crippen molar-refractivity contribution in [3.8, 4) is 11.1 Å². The average molecular weight is 657 g/mol. The van der Waals surface area contributed by atoms with Gasteiger partial charge in [0, 0.05) is 0 Å². The third kappa shape index (κ3) is 9.90. The van der Waals surface area contributed by atoms with Crippen LogP contribution in [0.5, 0.6) is 0 Å². The molecule has 3 aromatic carbocycles. The number of allylic oxidation sites excluding steroid dienone is 2. The minimum Gasteiger partial charge on any atom is -0.0995 e. The van der Waals surface area contributed by atoms with Crippen LogP contribution in [0.4, 0.5) is 0 Å². The molecule has 2 fully saturated rings. The zero-order valence-corrected chi connectivity index (χ0v) is 32.6. The van der Waals surface area contributed by atoms with Gasteiger partial charge in [-0.25, -0.2) is 0 Å². The second-order valence-electron chi connectivity index (χ2n) is 18.0. The largest absolute Gasteiger partial charge is 0.0995 e. The van der Waals surface area contributed by atoms with Crippen molar-refractivity contribution in [3.05, 3.63) is 118 Å². The summed E-state index contributed by atoms with van der Waals surface area (Å²) in [7, 11) is 0. The topological polar surface area (TPSA) is 0 Å². The number of aryl methyl sites for hydroxylation is 3. The summed E-state index contributed by atoms with van der Waals surface area (Å²) in [5.74, 6) is 3.89. The standard InChI is InChI=1S/C49H68/c1-33(2)44-27-25-43(31-48(44)37(6)29-46-34(3)14-13-15-35(46)4)42-23-20-39(21-24-42)18-19-41-22-26-45(38(7)32-49(8,9)10)47(30-41)36(5)28-40-16-11-12-17-40/h13-15,20-21,23-25,27,31,33,37,40-41,45,47H,5,7,11-12,16-19,22,26,28-30,32H2,1-4,6,8-10H3/t37?,41?,45?,47-/m1/s1. The molecule has 264 valence electrons. The highest BCUT2D eigenvalue weighted by molar-refractivity contribution is 5.66. The third-order valence-corrected chi connectivity index (χ3v) is 12.3. The second kappa shape index (κ2) is 16.4. The molecule has 3 aromatic rings. The van der Waals surface area contributed by atoms with Crippen molar-refractivity contribution >= 4 is 0 Å². The summed E-state index contributed by atoms with van der Waals surface area (Å²) < 4.78 is 0. The van der Waals surface area contributed by atoms with Crippen molar-refractivity contribution in [1.29, 1.82) is 0 Å². The van der Waals surface area contributed by atoms with E-state index in [4.69, 9.17) is 13.2 Å². The van der Waals surface area contributed by atoms with Gasteiger partial charge in [-0.1, -0.05) is 152 Å². The molecule has 49 heavy (non-hydrogen) atoms. The van der Waals surface area contributed by atoms with Gasteiger partial charge in [0.1, 0.15) is 0 Å². The van der Waals surface area contributed by atoms with Crippen molar-refractivity contribution < 1.29 is 0 Å². The van der Waals surface area contributed by atoms with E-state index in [2.05, 4.69) is 116 Å². The summed E-state index contributed by atoms with van der Waals surface area (Å²) in [6, 6.07) is 23.5. The maximum absolute atomic E-state index is 4.78. The first-order valence-electron chi connectivity index (χ1n) is 19.9. The van der Waals surface area contributed by atoms with Gasteiger partial charge >= 0.3 is 0 Å². The van der Waals surface area contributed by atoms with E-state index in [1.54, 1.807) is 5.57 Å². The summed E-state index contributed by atoms with van der Waals surface area (Å²) in [5, 5.41) is 0. The molecule has 2 aliphatic rings. The molecule has 0 heterocycles. The summed E-state index contributed by atoms with van der Waals surface area (Å²) in [4.78, 5) is 0. The molecule has 0 N–H and O–H groups in total. The highest BCUT2D eigenvalue weighted by Gasteiger charge is 2.35. The molecular formula is C49H68. The van der Waals surface area contributed by atoms with Gasteiger partial charge < -0.3 is 0 Å². The molecule has 3 unspecified atom stereocenters. The Balaban J connectivity index is 1.25. The second-order valence-corrected chi connectivity index (χ2v) is 18.0. The van der Waals surface area contributed by atoms with E-state index in [0.717, 1.165) is 24.7 Å². The van der Waals surface area contributed by atoms with E-state index >= 15 is 0 Å². The van der Waals surface area contributed by atoms with Gasteiger partial charge in [0.2, 0.25) is 0 Å². The molecule has 0 spiro atoms. The van der Waals surface area contributed by atoms with Gasteiger partial charge in [0.15, 0.2) is 0 Å². The first-order chi connectivity index (χ1) is 23.3. The Hall–Kier alpha value is -2.86. The fourth-order valence-corrected chi connectivity index (χ4v) is 9.54. The number of benzene rings is 3. The zero-order chi connectivity index (χ0) is 35.3. The van der Waals surface area contributed by atoms with Crippen molar-refractivity contribution in [1.82, 2.24) is 0 Å². The minimum atomic E-state index is 0.300. The summed E-state index contributed by atoms with van der Waals surface area (Å²) in [6.45, 7) is 28.2. The van der Waals surface area contributed by atoms with E-state index < -0.39 is 0 Å². The number of hydrogen-bond acceptors (Lipinski definition) is 0. The lowest BCUT2D eigenvalue weighted by molar-refractivity contribution is 0.208. The van der Waals surface area contributed by atoms with E-state index in [9.17, 15) is 0 Å². The van der Waals surface area contributed by atoms with Crippen LogP contribution in [0.25, 0.3) is 11.1 Å². The molecule has 0 radical (unpaired) electrons. The summed E-state index contributed by atoms with van der Waals surface area (Å²) in [6.07, 6.45) is 15.5. The Morgan fingerprint density at radius 2 is 1.39 bits per heavy atom. The monoisotopic (exact) mass is 657 g/mol. The normalized spacial score (nSPS) is 20.9. The Kier molecular flexibility index (Phi) is 12.5. The molecule has 5 rings (SSSR count). The lowest BCUT2D eigenvalue weighted by atomic mass is 9.65. The van der Waals surface area contributed by atoms with Crippen LogP contribution in [-0.2, 0) is 12.8 Å². The van der Waals surface area contributed by atoms with Gasteiger partial charge in [-0.3, -0.25) is 0 Å². The van der Waals surface area contributed by atoms with Crippen molar-refractivity contribution in [2.75, 3.05) is 0 Å². The first kappa shape index (κ1) is 37.4. The van der Waals surface area contributed by atoms with E-state index in [0.29, 0.717) is 29.1 Å². The first-order valence-corrected chi connectivity index (χ1v) is 19.9. The lowest BCUT2D eigenvalue weighted by Gasteiger charge is -2.40. The van der Waals surface area contributed by atoms with E-state index in [1.165, 1.54) is 114 Å².